The average Bonchev–Trinajstić information content (AvgIpc) is 3.12. The molecule has 0 atom stereocenters. The first-order valence-corrected chi connectivity index (χ1v) is 8.19. The number of pyridine rings is 1. The predicted molar refractivity (Wildman–Crippen MR) is 102 cm³/mol. The number of nitrogens with one attached hydrogen (secondary N) is 2. The van der Waals surface area contributed by atoms with E-state index < -0.39 is 0 Å². The van der Waals surface area contributed by atoms with Crippen molar-refractivity contribution in [1.82, 2.24) is 20.2 Å². The van der Waals surface area contributed by atoms with Gasteiger partial charge in [0.05, 0.1) is 5.71 Å². The Morgan fingerprint density at radius 1 is 1.00 bits per heavy atom. The van der Waals surface area contributed by atoms with Gasteiger partial charge < -0.3 is 5.32 Å². The minimum absolute atomic E-state index is 0.257. The van der Waals surface area contributed by atoms with Crippen molar-refractivity contribution in [2.24, 2.45) is 12.1 Å². The first kappa shape index (κ1) is 18.0. The number of hydrogen-bond donors (Lipinski definition) is 2. The Morgan fingerprint density at radius 2 is 1.78 bits per heavy atom. The van der Waals surface area contributed by atoms with E-state index in [4.69, 9.17) is 0 Å². The van der Waals surface area contributed by atoms with Gasteiger partial charge in [-0.1, -0.05) is 12.1 Å². The second-order valence-electron chi connectivity index (χ2n) is 5.75. The van der Waals surface area contributed by atoms with E-state index in [1.165, 1.54) is 4.68 Å². The Hall–Kier alpha value is -3.81. The molecule has 2 aromatic heterocycles. The molecule has 0 bridgehead atoms. The lowest BCUT2D eigenvalue weighted by Crippen LogP contribution is -2.19. The van der Waals surface area contributed by atoms with Crippen molar-refractivity contribution in [3.8, 4) is 0 Å². The molecule has 0 saturated heterocycles. The number of nitrogens with zero attached hydrogens (tertiary/aromatic N) is 4. The summed E-state index contributed by atoms with van der Waals surface area (Å²) >= 11 is 0. The second kappa shape index (κ2) is 8.05. The van der Waals surface area contributed by atoms with Crippen LogP contribution in [0.25, 0.3) is 0 Å². The number of carbonyl (C=O) groups is 2. The van der Waals surface area contributed by atoms with Crippen LogP contribution in [0.4, 0.5) is 5.69 Å². The molecule has 0 aliphatic heterocycles. The number of benzene rings is 1. The third-order valence-electron chi connectivity index (χ3n) is 3.86. The fourth-order valence-corrected chi connectivity index (χ4v) is 2.38. The zero-order chi connectivity index (χ0) is 19.2. The molecule has 0 aliphatic carbocycles. The van der Waals surface area contributed by atoms with Gasteiger partial charge in [0.25, 0.3) is 11.8 Å². The highest BCUT2D eigenvalue weighted by Crippen LogP contribution is 2.13. The molecule has 27 heavy (non-hydrogen) atoms. The van der Waals surface area contributed by atoms with Crippen LogP contribution < -0.4 is 10.7 Å². The zero-order valence-electron chi connectivity index (χ0n) is 14.9. The molecule has 1 aromatic carbocycles. The normalized spacial score (nSPS) is 11.1. The fourth-order valence-electron chi connectivity index (χ4n) is 2.38. The fraction of sp³-hybridized carbons (Fsp3) is 0.105. The van der Waals surface area contributed by atoms with Crippen LogP contribution in [-0.4, -0.2) is 32.3 Å². The monoisotopic (exact) mass is 362 g/mol. The van der Waals surface area contributed by atoms with E-state index in [-0.39, 0.29) is 11.8 Å². The highest BCUT2D eigenvalue weighted by atomic mass is 16.2. The van der Waals surface area contributed by atoms with Gasteiger partial charge in [0, 0.05) is 36.9 Å². The van der Waals surface area contributed by atoms with Gasteiger partial charge in [-0.05, 0) is 42.8 Å². The largest absolute Gasteiger partial charge is 0.321 e. The Morgan fingerprint density at radius 3 is 2.48 bits per heavy atom. The number of anilines is 1. The Kier molecular flexibility index (Phi) is 5.36. The molecular formula is C19H18N6O2. The molecule has 0 aliphatic rings. The molecule has 2 heterocycles. The topological polar surface area (TPSA) is 101 Å². The predicted octanol–water partition coefficient (Wildman–Crippen LogP) is 2.22. The quantitative estimate of drug-likeness (QED) is 0.537. The summed E-state index contributed by atoms with van der Waals surface area (Å²) in [5.74, 6) is -0.579. The lowest BCUT2D eigenvalue weighted by Gasteiger charge is -2.08. The number of carbonyl (C=O) groups excluding carboxylic acids is 2. The van der Waals surface area contributed by atoms with Crippen LogP contribution >= 0.6 is 0 Å². The second-order valence-corrected chi connectivity index (χ2v) is 5.75. The molecule has 136 valence electrons. The van der Waals surface area contributed by atoms with Gasteiger partial charge in [-0.25, -0.2) is 5.43 Å². The number of aromatic nitrogens is 3. The van der Waals surface area contributed by atoms with E-state index in [0.29, 0.717) is 22.7 Å². The smallest absolute Gasteiger partial charge is 0.273 e. The maximum absolute atomic E-state index is 12.3. The first-order valence-electron chi connectivity index (χ1n) is 8.19. The van der Waals surface area contributed by atoms with Gasteiger partial charge in [-0.2, -0.15) is 10.2 Å². The summed E-state index contributed by atoms with van der Waals surface area (Å²) in [5.41, 5.74) is 5.43. The molecule has 0 fully saturated rings. The molecule has 8 nitrogen and oxygen atoms in total. The summed E-state index contributed by atoms with van der Waals surface area (Å²) in [7, 11) is 1.70. The van der Waals surface area contributed by atoms with Crippen molar-refractivity contribution in [2.45, 2.75) is 6.92 Å². The Balaban J connectivity index is 1.70. The van der Waals surface area contributed by atoms with Gasteiger partial charge in [0.2, 0.25) is 0 Å². The van der Waals surface area contributed by atoms with E-state index in [1.54, 1.807) is 69.0 Å². The minimum atomic E-state index is -0.322. The number of rotatable bonds is 5. The van der Waals surface area contributed by atoms with Crippen LogP contribution in [0.3, 0.4) is 0 Å². The molecule has 3 rings (SSSR count). The third-order valence-corrected chi connectivity index (χ3v) is 3.86. The number of hydrogen-bond acceptors (Lipinski definition) is 5. The average molecular weight is 362 g/mol. The summed E-state index contributed by atoms with van der Waals surface area (Å²) in [6.07, 6.45) is 4.65. The molecular weight excluding hydrogens is 344 g/mol. The first-order chi connectivity index (χ1) is 13.0. The zero-order valence-corrected chi connectivity index (χ0v) is 14.9. The Bertz CT molecular complexity index is 994. The van der Waals surface area contributed by atoms with Crippen LogP contribution in [0.5, 0.6) is 0 Å². The summed E-state index contributed by atoms with van der Waals surface area (Å²) in [5, 5.41) is 10.9. The highest BCUT2D eigenvalue weighted by Gasteiger charge is 2.11. The van der Waals surface area contributed by atoms with Gasteiger partial charge in [0.15, 0.2) is 0 Å². The number of amides is 2. The number of aryl methyl sites for hydroxylation is 1. The van der Waals surface area contributed by atoms with Crippen LogP contribution in [0, 0.1) is 0 Å². The molecule has 0 saturated carbocycles. The highest BCUT2D eigenvalue weighted by molar-refractivity contribution is 6.05. The van der Waals surface area contributed by atoms with Gasteiger partial charge in [0.1, 0.15) is 5.69 Å². The van der Waals surface area contributed by atoms with E-state index in [9.17, 15) is 9.59 Å². The van der Waals surface area contributed by atoms with Crippen molar-refractivity contribution >= 4 is 23.2 Å². The maximum Gasteiger partial charge on any atom is 0.273 e. The van der Waals surface area contributed by atoms with E-state index in [2.05, 4.69) is 25.9 Å². The van der Waals surface area contributed by atoms with Crippen molar-refractivity contribution in [1.29, 1.82) is 0 Å². The van der Waals surface area contributed by atoms with Crippen molar-refractivity contribution in [3.63, 3.8) is 0 Å². The van der Waals surface area contributed by atoms with E-state index in [0.717, 1.165) is 5.56 Å². The third kappa shape index (κ3) is 4.43. The summed E-state index contributed by atoms with van der Waals surface area (Å²) in [6, 6.07) is 12.1. The van der Waals surface area contributed by atoms with Crippen LogP contribution in [0.2, 0.25) is 0 Å². The van der Waals surface area contributed by atoms with Crippen LogP contribution in [-0.2, 0) is 7.05 Å². The minimum Gasteiger partial charge on any atom is -0.321 e. The van der Waals surface area contributed by atoms with E-state index >= 15 is 0 Å². The van der Waals surface area contributed by atoms with Gasteiger partial charge >= 0.3 is 0 Å². The molecule has 8 heteroatoms. The maximum atomic E-state index is 12.3. The lowest BCUT2D eigenvalue weighted by atomic mass is 10.1. The molecule has 0 radical (unpaired) electrons. The molecule has 2 amide bonds. The van der Waals surface area contributed by atoms with Crippen molar-refractivity contribution in [2.75, 3.05) is 5.32 Å². The molecule has 0 spiro atoms. The number of hydrazone groups is 1. The van der Waals surface area contributed by atoms with Crippen LogP contribution in [0.1, 0.15) is 33.3 Å². The van der Waals surface area contributed by atoms with Crippen molar-refractivity contribution < 1.29 is 9.59 Å². The summed E-state index contributed by atoms with van der Waals surface area (Å²) in [4.78, 5) is 28.2. The van der Waals surface area contributed by atoms with Gasteiger partial charge in [-0.3, -0.25) is 19.3 Å². The summed E-state index contributed by atoms with van der Waals surface area (Å²) in [6.45, 7) is 1.77. The van der Waals surface area contributed by atoms with Gasteiger partial charge in [-0.15, -0.1) is 0 Å². The van der Waals surface area contributed by atoms with Crippen molar-refractivity contribution in [3.05, 3.63) is 77.9 Å². The standard InChI is InChI=1S/C19H18N6O2/c1-13(23-24-18(26)14-6-9-20-10-7-14)15-4-3-5-16(12-15)22-19(27)17-8-11-21-25(17)2/h3-12H,1-2H3,(H,22,27)(H,24,26). The van der Waals surface area contributed by atoms with Crippen LogP contribution in [0.15, 0.2) is 66.2 Å². The molecule has 2 N–H and O–H groups in total. The molecule has 3 aromatic rings. The Labute approximate surface area is 155 Å². The molecule has 0 unspecified atom stereocenters. The van der Waals surface area contributed by atoms with E-state index in [1.807, 2.05) is 6.07 Å². The summed E-state index contributed by atoms with van der Waals surface area (Å²) < 4.78 is 1.50. The SMILES string of the molecule is CC(=NNC(=O)c1ccncc1)c1cccc(NC(=O)c2ccnn2C)c1. The lowest BCUT2D eigenvalue weighted by molar-refractivity contribution is 0.0953.